The van der Waals surface area contributed by atoms with Crippen molar-refractivity contribution in [2.24, 2.45) is 5.41 Å². The van der Waals surface area contributed by atoms with Crippen molar-refractivity contribution in [2.75, 3.05) is 19.6 Å². The van der Waals surface area contributed by atoms with E-state index in [1.807, 2.05) is 25.7 Å². The monoisotopic (exact) mass is 374 g/mol. The van der Waals surface area contributed by atoms with Gasteiger partial charge in [0.1, 0.15) is 5.60 Å². The Hall–Kier alpha value is -2.59. The lowest BCUT2D eigenvalue weighted by atomic mass is 9.64. The van der Waals surface area contributed by atoms with Gasteiger partial charge >= 0.3 is 6.09 Å². The molecule has 4 nitrogen and oxygen atoms in total. The number of fused-ring (bicyclic) bond motifs is 3. The first-order valence-electron chi connectivity index (χ1n) is 9.98. The minimum atomic E-state index is -0.453. The van der Waals surface area contributed by atoms with Gasteiger partial charge in [-0.25, -0.2) is 4.79 Å². The number of benzene rings is 3. The van der Waals surface area contributed by atoms with Gasteiger partial charge in [-0.05, 0) is 53.9 Å². The van der Waals surface area contributed by atoms with Crippen molar-refractivity contribution < 1.29 is 9.53 Å². The number of likely N-dealkylation sites (tertiary alicyclic amines) is 1. The van der Waals surface area contributed by atoms with E-state index in [4.69, 9.17) is 4.74 Å². The fourth-order valence-corrected chi connectivity index (χ4v) is 4.72. The summed E-state index contributed by atoms with van der Waals surface area (Å²) < 4.78 is 5.54. The molecule has 0 bridgehead atoms. The first-order valence-corrected chi connectivity index (χ1v) is 9.98. The van der Waals surface area contributed by atoms with Crippen LogP contribution in [-0.2, 0) is 4.74 Å². The molecule has 1 atom stereocenters. The summed E-state index contributed by atoms with van der Waals surface area (Å²) in [6, 6.07) is 19.8. The largest absolute Gasteiger partial charge is 0.444 e. The Balaban J connectivity index is 1.47. The van der Waals surface area contributed by atoms with Crippen molar-refractivity contribution in [2.45, 2.75) is 32.4 Å². The number of carbonyl (C=O) groups excluding carboxylic acids is 1. The van der Waals surface area contributed by atoms with E-state index in [1.54, 1.807) is 0 Å². The minimum Gasteiger partial charge on any atom is -0.444 e. The quantitative estimate of drug-likeness (QED) is 0.618. The SMILES string of the molecule is CC(C)(C)OC(=O)N1CC2(CN[C@H]2c2cc3ccccc3c3ccccc23)C1. The van der Waals surface area contributed by atoms with E-state index < -0.39 is 5.60 Å². The Bertz CT molecular complexity index is 1080. The van der Waals surface area contributed by atoms with Crippen LogP contribution in [0.3, 0.4) is 0 Å². The van der Waals surface area contributed by atoms with Crippen LogP contribution in [-0.4, -0.2) is 36.2 Å². The summed E-state index contributed by atoms with van der Waals surface area (Å²) in [7, 11) is 0. The van der Waals surface area contributed by atoms with Crippen molar-refractivity contribution in [3.05, 3.63) is 60.2 Å². The summed E-state index contributed by atoms with van der Waals surface area (Å²) in [6.07, 6.45) is -0.202. The number of amides is 1. The third-order valence-corrected chi connectivity index (χ3v) is 6.04. The molecule has 3 aromatic carbocycles. The average Bonchev–Trinajstić information content (AvgIpc) is 2.58. The van der Waals surface area contributed by atoms with Crippen molar-refractivity contribution in [1.82, 2.24) is 10.2 Å². The third-order valence-electron chi connectivity index (χ3n) is 6.04. The summed E-state index contributed by atoms with van der Waals surface area (Å²) in [4.78, 5) is 14.2. The molecule has 4 heteroatoms. The van der Waals surface area contributed by atoms with E-state index in [9.17, 15) is 4.79 Å². The zero-order valence-corrected chi connectivity index (χ0v) is 16.7. The molecule has 0 aromatic heterocycles. The first kappa shape index (κ1) is 17.5. The van der Waals surface area contributed by atoms with Gasteiger partial charge in [-0.15, -0.1) is 0 Å². The molecule has 0 unspecified atom stereocenters. The maximum atomic E-state index is 12.4. The van der Waals surface area contributed by atoms with E-state index in [0.29, 0.717) is 0 Å². The fraction of sp³-hybridized carbons (Fsp3) is 0.375. The van der Waals surface area contributed by atoms with E-state index in [0.717, 1.165) is 19.6 Å². The highest BCUT2D eigenvalue weighted by Gasteiger charge is 2.57. The molecule has 2 fully saturated rings. The van der Waals surface area contributed by atoms with E-state index in [-0.39, 0.29) is 17.6 Å². The number of ether oxygens (including phenoxy) is 1. The van der Waals surface area contributed by atoms with Crippen LogP contribution in [0, 0.1) is 5.41 Å². The smallest absolute Gasteiger partial charge is 0.410 e. The lowest BCUT2D eigenvalue weighted by molar-refractivity contribution is -0.0851. The van der Waals surface area contributed by atoms with Crippen molar-refractivity contribution in [3.63, 3.8) is 0 Å². The van der Waals surface area contributed by atoms with Gasteiger partial charge in [0.2, 0.25) is 0 Å². The van der Waals surface area contributed by atoms with Crippen LogP contribution in [0.4, 0.5) is 4.79 Å². The molecular weight excluding hydrogens is 348 g/mol. The predicted octanol–water partition coefficient (Wildman–Crippen LogP) is 4.87. The van der Waals surface area contributed by atoms with Gasteiger partial charge in [-0.1, -0.05) is 48.5 Å². The van der Waals surface area contributed by atoms with Crippen LogP contribution in [0.2, 0.25) is 0 Å². The molecule has 3 aromatic rings. The maximum absolute atomic E-state index is 12.4. The van der Waals surface area contributed by atoms with Gasteiger partial charge < -0.3 is 15.0 Å². The van der Waals surface area contributed by atoms with Crippen LogP contribution < -0.4 is 5.32 Å². The molecule has 1 N–H and O–H groups in total. The van der Waals surface area contributed by atoms with Crippen LogP contribution in [0.1, 0.15) is 32.4 Å². The summed E-state index contributed by atoms with van der Waals surface area (Å²) in [6.45, 7) is 8.18. The van der Waals surface area contributed by atoms with Crippen LogP contribution in [0.25, 0.3) is 21.5 Å². The Morgan fingerprint density at radius 1 is 1.04 bits per heavy atom. The van der Waals surface area contributed by atoms with Gasteiger partial charge in [0, 0.05) is 31.1 Å². The van der Waals surface area contributed by atoms with Gasteiger partial charge in [0.05, 0.1) is 0 Å². The van der Waals surface area contributed by atoms with Gasteiger partial charge in [0.15, 0.2) is 0 Å². The Morgan fingerprint density at radius 2 is 1.68 bits per heavy atom. The Labute approximate surface area is 165 Å². The molecule has 1 amide bonds. The van der Waals surface area contributed by atoms with Crippen LogP contribution >= 0.6 is 0 Å². The number of rotatable bonds is 1. The zero-order valence-electron chi connectivity index (χ0n) is 16.7. The van der Waals surface area contributed by atoms with Gasteiger partial charge in [-0.2, -0.15) is 0 Å². The van der Waals surface area contributed by atoms with Crippen molar-refractivity contribution in [3.8, 4) is 0 Å². The highest BCUT2D eigenvalue weighted by Crippen LogP contribution is 2.50. The molecule has 2 aliphatic rings. The molecule has 1 spiro atoms. The normalized spacial score (nSPS) is 20.8. The van der Waals surface area contributed by atoms with Crippen LogP contribution in [0.15, 0.2) is 54.6 Å². The zero-order chi connectivity index (χ0) is 19.5. The minimum absolute atomic E-state index is 0.113. The second-order valence-electron chi connectivity index (χ2n) is 9.25. The highest BCUT2D eigenvalue weighted by atomic mass is 16.6. The highest BCUT2D eigenvalue weighted by molar-refractivity contribution is 6.09. The standard InChI is InChI=1S/C24H26N2O2/c1-23(2,3)28-22(27)26-14-24(15-26)13-25-21(24)20-12-16-8-4-5-9-17(16)18-10-6-7-11-19(18)20/h4-12,21,25H,13-15H2,1-3H3/t21-/m0/s1. The first-order chi connectivity index (χ1) is 13.4. The molecule has 0 aliphatic carbocycles. The number of nitrogens with zero attached hydrogens (tertiary/aromatic N) is 1. The number of nitrogens with one attached hydrogen (secondary N) is 1. The number of carbonyl (C=O) groups is 1. The molecule has 144 valence electrons. The lowest BCUT2D eigenvalue weighted by Crippen LogP contribution is -2.73. The van der Waals surface area contributed by atoms with Crippen LogP contribution in [0.5, 0.6) is 0 Å². The van der Waals surface area contributed by atoms with Crippen molar-refractivity contribution in [1.29, 1.82) is 0 Å². The van der Waals surface area contributed by atoms with Gasteiger partial charge in [0.25, 0.3) is 0 Å². The predicted molar refractivity (Wildman–Crippen MR) is 112 cm³/mol. The second-order valence-corrected chi connectivity index (χ2v) is 9.25. The van der Waals surface area contributed by atoms with E-state index >= 15 is 0 Å². The molecule has 0 radical (unpaired) electrons. The Morgan fingerprint density at radius 3 is 2.32 bits per heavy atom. The molecule has 2 heterocycles. The third kappa shape index (κ3) is 2.67. The molecule has 2 saturated heterocycles. The summed E-state index contributed by atoms with van der Waals surface area (Å²) in [5.41, 5.74) is 0.998. The van der Waals surface area contributed by atoms with Gasteiger partial charge in [-0.3, -0.25) is 0 Å². The van der Waals surface area contributed by atoms with E-state index in [2.05, 4.69) is 59.9 Å². The average molecular weight is 374 g/mol. The maximum Gasteiger partial charge on any atom is 0.410 e. The molecule has 2 aliphatic heterocycles. The molecule has 28 heavy (non-hydrogen) atoms. The molecular formula is C24H26N2O2. The van der Waals surface area contributed by atoms with Crippen molar-refractivity contribution >= 4 is 27.6 Å². The topological polar surface area (TPSA) is 41.6 Å². The summed E-state index contributed by atoms with van der Waals surface area (Å²) in [5.74, 6) is 0. The Kier molecular flexibility index (Phi) is 3.72. The number of hydrogen-bond donors (Lipinski definition) is 1. The molecule has 5 rings (SSSR count). The molecule has 0 saturated carbocycles. The summed E-state index contributed by atoms with van der Waals surface area (Å²) in [5, 5.41) is 8.79. The number of hydrogen-bond acceptors (Lipinski definition) is 3. The lowest BCUT2D eigenvalue weighted by Gasteiger charge is -2.60. The second kappa shape index (κ2) is 5.95. The summed E-state index contributed by atoms with van der Waals surface area (Å²) >= 11 is 0. The van der Waals surface area contributed by atoms with E-state index in [1.165, 1.54) is 27.1 Å². The fourth-order valence-electron chi connectivity index (χ4n) is 4.72.